The Morgan fingerprint density at radius 1 is 1.30 bits per heavy atom. The lowest BCUT2D eigenvalue weighted by atomic mass is 10.2. The molecule has 1 N–H and O–H groups in total. The highest BCUT2D eigenvalue weighted by molar-refractivity contribution is 7.15. The van der Waals surface area contributed by atoms with Crippen LogP contribution >= 0.6 is 11.3 Å². The van der Waals surface area contributed by atoms with E-state index in [1.807, 2.05) is 6.92 Å². The molecule has 0 aliphatic heterocycles. The monoisotopic (exact) mass is 309 g/mol. The smallest absolute Gasteiger partial charge is 0.351 e. The molecule has 1 heterocycles. The topological polar surface area (TPSA) is 28.2 Å². The third-order valence-corrected chi connectivity index (χ3v) is 4.06. The fourth-order valence-corrected chi connectivity index (χ4v) is 2.79. The Morgan fingerprint density at radius 2 is 2.00 bits per heavy atom. The van der Waals surface area contributed by atoms with Crippen molar-refractivity contribution in [2.24, 2.45) is 0 Å². The van der Waals surface area contributed by atoms with Crippen LogP contribution in [0.1, 0.15) is 37.3 Å². The van der Waals surface area contributed by atoms with Gasteiger partial charge in [0.15, 0.2) is 5.13 Å². The van der Waals surface area contributed by atoms with E-state index < -0.39 is 12.6 Å². The summed E-state index contributed by atoms with van der Waals surface area (Å²) in [5, 5.41) is 3.92. The number of hydrogen-bond donors (Lipinski definition) is 1. The number of rotatable bonds is 8. The van der Waals surface area contributed by atoms with Crippen LogP contribution < -0.4 is 10.2 Å². The minimum atomic E-state index is -4.12. The minimum Gasteiger partial charge on any atom is -0.351 e. The summed E-state index contributed by atoms with van der Waals surface area (Å²) < 4.78 is 36.7. The van der Waals surface area contributed by atoms with Crippen molar-refractivity contribution in [2.45, 2.75) is 45.8 Å². The van der Waals surface area contributed by atoms with E-state index in [2.05, 4.69) is 17.2 Å². The van der Waals surface area contributed by atoms with Gasteiger partial charge in [-0.3, -0.25) is 0 Å². The lowest BCUT2D eigenvalue weighted by Crippen LogP contribution is -2.23. The molecule has 0 radical (unpaired) electrons. The van der Waals surface area contributed by atoms with E-state index >= 15 is 0 Å². The molecule has 116 valence electrons. The fourth-order valence-electron chi connectivity index (χ4n) is 1.73. The highest BCUT2D eigenvalue weighted by Gasteiger charge is 2.27. The largest absolute Gasteiger partial charge is 0.390 e. The van der Waals surface area contributed by atoms with Gasteiger partial charge in [0.25, 0.3) is 0 Å². The molecule has 0 unspecified atom stereocenters. The second kappa shape index (κ2) is 7.83. The van der Waals surface area contributed by atoms with Crippen LogP contribution in [0.25, 0.3) is 0 Å². The molecule has 0 saturated heterocycles. The van der Waals surface area contributed by atoms with Gasteiger partial charge in [-0.25, -0.2) is 4.98 Å². The lowest BCUT2D eigenvalue weighted by molar-refractivity contribution is -0.132. The quantitative estimate of drug-likeness (QED) is 0.795. The van der Waals surface area contributed by atoms with Gasteiger partial charge in [-0.1, -0.05) is 20.3 Å². The Labute approximate surface area is 122 Å². The van der Waals surface area contributed by atoms with E-state index in [1.54, 1.807) is 11.9 Å². The van der Waals surface area contributed by atoms with Crippen molar-refractivity contribution in [1.82, 2.24) is 10.3 Å². The normalized spacial score (nSPS) is 11.9. The molecule has 7 heteroatoms. The molecule has 0 saturated carbocycles. The number of thiazole rings is 1. The molecule has 0 aliphatic carbocycles. The number of anilines is 1. The lowest BCUT2D eigenvalue weighted by Gasteiger charge is -2.16. The van der Waals surface area contributed by atoms with Crippen LogP contribution in [-0.2, 0) is 13.0 Å². The average molecular weight is 309 g/mol. The van der Waals surface area contributed by atoms with Gasteiger partial charge in [-0.2, -0.15) is 13.2 Å². The summed E-state index contributed by atoms with van der Waals surface area (Å²) in [5.41, 5.74) is 1.01. The Morgan fingerprint density at radius 3 is 2.55 bits per heavy atom. The second-order valence-electron chi connectivity index (χ2n) is 4.68. The highest BCUT2D eigenvalue weighted by atomic mass is 32.1. The Balaban J connectivity index is 2.73. The number of hydrogen-bond acceptors (Lipinski definition) is 4. The van der Waals surface area contributed by atoms with E-state index in [9.17, 15) is 13.2 Å². The van der Waals surface area contributed by atoms with Crippen molar-refractivity contribution >= 4 is 16.5 Å². The van der Waals surface area contributed by atoms with E-state index in [1.165, 1.54) is 11.3 Å². The second-order valence-corrected chi connectivity index (χ2v) is 5.75. The standard InChI is InChI=1S/C13H22F3N3S/c1-4-6-10-11(9-17-5-2)20-12(18-10)19(3)8-7-13(14,15)16/h17H,4-9H2,1-3H3. The zero-order valence-electron chi connectivity index (χ0n) is 12.2. The highest BCUT2D eigenvalue weighted by Crippen LogP contribution is 2.28. The Kier molecular flexibility index (Phi) is 6.75. The molecule has 0 aliphatic rings. The van der Waals surface area contributed by atoms with Crippen LogP contribution in [0.4, 0.5) is 18.3 Å². The van der Waals surface area contributed by atoms with Crippen molar-refractivity contribution in [3.63, 3.8) is 0 Å². The van der Waals surface area contributed by atoms with Gasteiger partial charge in [-0.15, -0.1) is 11.3 Å². The van der Waals surface area contributed by atoms with Gasteiger partial charge in [0.2, 0.25) is 0 Å². The van der Waals surface area contributed by atoms with Crippen molar-refractivity contribution in [3.8, 4) is 0 Å². The zero-order chi connectivity index (χ0) is 15.2. The third-order valence-electron chi connectivity index (χ3n) is 2.85. The SMILES string of the molecule is CCCc1nc(N(C)CCC(F)(F)F)sc1CNCC. The van der Waals surface area contributed by atoms with Gasteiger partial charge < -0.3 is 10.2 Å². The van der Waals surface area contributed by atoms with Crippen LogP contribution in [0.5, 0.6) is 0 Å². The van der Waals surface area contributed by atoms with Crippen LogP contribution in [-0.4, -0.2) is 31.3 Å². The number of aromatic nitrogens is 1. The van der Waals surface area contributed by atoms with E-state index in [-0.39, 0.29) is 6.54 Å². The molecule has 1 aromatic rings. The molecule has 3 nitrogen and oxygen atoms in total. The van der Waals surface area contributed by atoms with Gasteiger partial charge in [0.05, 0.1) is 12.1 Å². The number of nitrogens with zero attached hydrogens (tertiary/aromatic N) is 2. The molecule has 0 fully saturated rings. The predicted molar refractivity (Wildman–Crippen MR) is 77.4 cm³/mol. The number of nitrogens with one attached hydrogen (secondary N) is 1. The molecule has 0 atom stereocenters. The van der Waals surface area contributed by atoms with Crippen molar-refractivity contribution < 1.29 is 13.2 Å². The minimum absolute atomic E-state index is 0.0524. The fraction of sp³-hybridized carbons (Fsp3) is 0.769. The molecule has 0 aromatic carbocycles. The van der Waals surface area contributed by atoms with E-state index in [4.69, 9.17) is 0 Å². The number of aryl methyl sites for hydroxylation is 1. The predicted octanol–water partition coefficient (Wildman–Crippen LogP) is 3.59. The summed E-state index contributed by atoms with van der Waals surface area (Å²) in [6.07, 6.45) is -3.09. The maximum atomic E-state index is 12.2. The van der Waals surface area contributed by atoms with Gasteiger partial charge in [-0.05, 0) is 13.0 Å². The van der Waals surface area contributed by atoms with Crippen LogP contribution in [0.3, 0.4) is 0 Å². The first-order valence-corrected chi connectivity index (χ1v) is 7.66. The summed E-state index contributed by atoms with van der Waals surface area (Å²) >= 11 is 1.48. The van der Waals surface area contributed by atoms with Gasteiger partial charge in [0, 0.05) is 25.0 Å². The molecule has 0 spiro atoms. The molecule has 0 amide bonds. The van der Waals surface area contributed by atoms with Crippen molar-refractivity contribution in [1.29, 1.82) is 0 Å². The summed E-state index contributed by atoms with van der Waals surface area (Å²) in [4.78, 5) is 7.21. The van der Waals surface area contributed by atoms with E-state index in [0.29, 0.717) is 5.13 Å². The molecule has 1 rings (SSSR count). The average Bonchev–Trinajstić information content (AvgIpc) is 2.76. The molecular formula is C13H22F3N3S. The summed E-state index contributed by atoms with van der Waals surface area (Å²) in [5.74, 6) is 0. The van der Waals surface area contributed by atoms with Crippen molar-refractivity contribution in [3.05, 3.63) is 10.6 Å². The third kappa shape index (κ3) is 5.66. The Bertz CT molecular complexity index is 404. The summed E-state index contributed by atoms with van der Waals surface area (Å²) in [6, 6.07) is 0. The Hall–Kier alpha value is -0.820. The number of halogens is 3. The first-order valence-electron chi connectivity index (χ1n) is 6.84. The van der Waals surface area contributed by atoms with Gasteiger partial charge >= 0.3 is 6.18 Å². The van der Waals surface area contributed by atoms with Crippen LogP contribution in [0.2, 0.25) is 0 Å². The maximum Gasteiger partial charge on any atom is 0.390 e. The van der Waals surface area contributed by atoms with Crippen LogP contribution in [0, 0.1) is 0 Å². The summed E-state index contributed by atoms with van der Waals surface area (Å²) in [6.45, 7) is 5.64. The first-order chi connectivity index (χ1) is 9.37. The first kappa shape index (κ1) is 17.2. The molecular weight excluding hydrogens is 287 g/mol. The van der Waals surface area contributed by atoms with Crippen molar-refractivity contribution in [2.75, 3.05) is 25.0 Å². The molecule has 0 bridgehead atoms. The maximum absolute atomic E-state index is 12.2. The zero-order valence-corrected chi connectivity index (χ0v) is 13.0. The number of alkyl halides is 3. The molecule has 20 heavy (non-hydrogen) atoms. The van der Waals surface area contributed by atoms with E-state index in [0.717, 1.165) is 36.5 Å². The van der Waals surface area contributed by atoms with Crippen LogP contribution in [0.15, 0.2) is 0 Å². The summed E-state index contributed by atoms with van der Waals surface area (Å²) in [7, 11) is 1.66. The van der Waals surface area contributed by atoms with Gasteiger partial charge in [0.1, 0.15) is 0 Å². The molecule has 1 aromatic heterocycles.